The van der Waals surface area contributed by atoms with Gasteiger partial charge in [0, 0.05) is 37.7 Å². The molecule has 2 aliphatic heterocycles. The van der Waals surface area contributed by atoms with E-state index >= 15 is 0 Å². The van der Waals surface area contributed by atoms with E-state index in [2.05, 4.69) is 22.4 Å². The van der Waals surface area contributed by atoms with Gasteiger partial charge in [0.05, 0.1) is 25.4 Å². The lowest BCUT2D eigenvalue weighted by atomic mass is 10.2. The van der Waals surface area contributed by atoms with Gasteiger partial charge >= 0.3 is 0 Å². The molecule has 1 amide bonds. The minimum absolute atomic E-state index is 0.136. The number of ether oxygens (including phenoxy) is 2. The molecule has 0 saturated carbocycles. The van der Waals surface area contributed by atoms with Gasteiger partial charge in [0.15, 0.2) is 0 Å². The normalized spacial score (nSPS) is 25.2. The topological polar surface area (TPSA) is 42.0 Å². The Labute approximate surface area is 142 Å². The van der Waals surface area contributed by atoms with Crippen molar-refractivity contribution in [3.63, 3.8) is 0 Å². The summed E-state index contributed by atoms with van der Waals surface area (Å²) in [5.41, 5.74) is 0. The molecule has 1 aromatic rings. The predicted octanol–water partition coefficient (Wildman–Crippen LogP) is 1.98. The third kappa shape index (κ3) is 5.01. The zero-order valence-corrected chi connectivity index (χ0v) is 14.6. The highest BCUT2D eigenvalue weighted by molar-refractivity contribution is 7.09. The van der Waals surface area contributed by atoms with Gasteiger partial charge in [-0.3, -0.25) is 9.69 Å². The van der Waals surface area contributed by atoms with Gasteiger partial charge in [-0.25, -0.2) is 0 Å². The number of morpholine rings is 1. The second-order valence-electron chi connectivity index (χ2n) is 6.41. The molecule has 0 N–H and O–H groups in total. The van der Waals surface area contributed by atoms with E-state index in [0.29, 0.717) is 26.2 Å². The lowest BCUT2D eigenvalue weighted by molar-refractivity contribution is -0.139. The molecule has 23 heavy (non-hydrogen) atoms. The van der Waals surface area contributed by atoms with Crippen LogP contribution in [0.1, 0.15) is 24.6 Å². The van der Waals surface area contributed by atoms with E-state index in [0.717, 1.165) is 32.5 Å². The van der Waals surface area contributed by atoms with E-state index in [1.54, 1.807) is 11.3 Å². The Morgan fingerprint density at radius 1 is 1.43 bits per heavy atom. The Hall–Kier alpha value is -0.950. The molecule has 2 saturated heterocycles. The van der Waals surface area contributed by atoms with Crippen LogP contribution in [0.4, 0.5) is 0 Å². The van der Waals surface area contributed by atoms with Crippen molar-refractivity contribution >= 4 is 17.2 Å². The maximum absolute atomic E-state index is 12.6. The van der Waals surface area contributed by atoms with E-state index < -0.39 is 0 Å². The Morgan fingerprint density at radius 3 is 3.04 bits per heavy atom. The molecular formula is C17H26N2O3S. The smallest absolute Gasteiger partial charge is 0.236 e. The number of carbonyl (C=O) groups excluding carboxylic acids is 1. The van der Waals surface area contributed by atoms with Gasteiger partial charge in [0.1, 0.15) is 0 Å². The summed E-state index contributed by atoms with van der Waals surface area (Å²) in [7, 11) is 0. The zero-order valence-electron chi connectivity index (χ0n) is 13.8. The van der Waals surface area contributed by atoms with E-state index in [-0.39, 0.29) is 18.1 Å². The summed E-state index contributed by atoms with van der Waals surface area (Å²) in [6.45, 7) is 7.05. The molecule has 6 heteroatoms. The summed E-state index contributed by atoms with van der Waals surface area (Å²) in [4.78, 5) is 18.1. The summed E-state index contributed by atoms with van der Waals surface area (Å²) in [6, 6.07) is 4.20. The summed E-state index contributed by atoms with van der Waals surface area (Å²) >= 11 is 1.74. The largest absolute Gasteiger partial charge is 0.377 e. The number of amides is 1. The van der Waals surface area contributed by atoms with Crippen molar-refractivity contribution in [2.45, 2.75) is 38.5 Å². The van der Waals surface area contributed by atoms with Crippen molar-refractivity contribution in [1.82, 2.24) is 9.80 Å². The van der Waals surface area contributed by atoms with E-state index in [9.17, 15) is 4.79 Å². The monoisotopic (exact) mass is 338 g/mol. The molecular weight excluding hydrogens is 312 g/mol. The predicted molar refractivity (Wildman–Crippen MR) is 90.6 cm³/mol. The minimum atomic E-state index is 0.136. The molecule has 3 heterocycles. The summed E-state index contributed by atoms with van der Waals surface area (Å²) < 4.78 is 11.3. The summed E-state index contributed by atoms with van der Waals surface area (Å²) in [6.07, 6.45) is 2.64. The molecule has 0 unspecified atom stereocenters. The number of nitrogens with zero attached hydrogens (tertiary/aromatic N) is 2. The third-order valence-electron chi connectivity index (χ3n) is 4.40. The Bertz CT molecular complexity index is 488. The Balaban J connectivity index is 1.58. The lowest BCUT2D eigenvalue weighted by Crippen LogP contribution is -2.49. The van der Waals surface area contributed by atoms with Crippen LogP contribution in [0.5, 0.6) is 0 Å². The number of carbonyl (C=O) groups is 1. The number of hydrogen-bond acceptors (Lipinski definition) is 5. The van der Waals surface area contributed by atoms with Gasteiger partial charge in [-0.05, 0) is 31.2 Å². The summed E-state index contributed by atoms with van der Waals surface area (Å²) in [5.74, 6) is 0.203. The highest BCUT2D eigenvalue weighted by atomic mass is 32.1. The molecule has 2 fully saturated rings. The van der Waals surface area contributed by atoms with Crippen molar-refractivity contribution in [1.29, 1.82) is 0 Å². The first-order chi connectivity index (χ1) is 11.2. The van der Waals surface area contributed by atoms with E-state index in [1.165, 1.54) is 4.88 Å². The first-order valence-corrected chi connectivity index (χ1v) is 9.34. The molecule has 2 atom stereocenters. The molecule has 0 bridgehead atoms. The standard InChI is InChI=1S/C17H26N2O3S/c1-14-10-19(6-8-21-14)17(20)13-18(11-15-4-2-7-22-15)12-16-5-3-9-23-16/h3,5,9,14-15H,2,4,6-8,10-13H2,1H3/t14-,15-/m1/s1. The number of hydrogen-bond donors (Lipinski definition) is 0. The van der Waals surface area contributed by atoms with E-state index in [4.69, 9.17) is 9.47 Å². The highest BCUT2D eigenvalue weighted by Crippen LogP contribution is 2.17. The second kappa shape index (κ2) is 8.24. The van der Waals surface area contributed by atoms with Gasteiger partial charge in [-0.1, -0.05) is 6.07 Å². The van der Waals surface area contributed by atoms with Crippen LogP contribution < -0.4 is 0 Å². The van der Waals surface area contributed by atoms with Crippen LogP contribution in [0.3, 0.4) is 0 Å². The molecule has 0 spiro atoms. The molecule has 0 aromatic carbocycles. The van der Waals surface area contributed by atoms with Gasteiger partial charge in [-0.2, -0.15) is 0 Å². The Morgan fingerprint density at radius 2 is 2.35 bits per heavy atom. The van der Waals surface area contributed by atoms with Crippen LogP contribution in [0.25, 0.3) is 0 Å². The van der Waals surface area contributed by atoms with E-state index in [1.807, 2.05) is 11.8 Å². The molecule has 128 valence electrons. The fraction of sp³-hybridized carbons (Fsp3) is 0.706. The average molecular weight is 338 g/mol. The number of thiophene rings is 1. The second-order valence-corrected chi connectivity index (χ2v) is 7.44. The minimum Gasteiger partial charge on any atom is -0.377 e. The molecule has 1 aromatic heterocycles. The van der Waals surface area contributed by atoms with Gasteiger partial charge < -0.3 is 14.4 Å². The van der Waals surface area contributed by atoms with Gasteiger partial charge in [0.25, 0.3) is 0 Å². The van der Waals surface area contributed by atoms with Crippen LogP contribution in [0.2, 0.25) is 0 Å². The molecule has 5 nitrogen and oxygen atoms in total. The fourth-order valence-electron chi connectivity index (χ4n) is 3.22. The average Bonchev–Trinajstić information content (AvgIpc) is 3.21. The van der Waals surface area contributed by atoms with Gasteiger partial charge in [-0.15, -0.1) is 11.3 Å². The lowest BCUT2D eigenvalue weighted by Gasteiger charge is -2.33. The van der Waals surface area contributed by atoms with Gasteiger partial charge in [0.2, 0.25) is 5.91 Å². The SMILES string of the molecule is C[C@@H]1CN(C(=O)CN(Cc2cccs2)C[C@H]2CCCO2)CCO1. The third-order valence-corrected chi connectivity index (χ3v) is 5.26. The molecule has 0 radical (unpaired) electrons. The van der Waals surface area contributed by atoms with Crippen LogP contribution in [-0.2, 0) is 20.8 Å². The summed E-state index contributed by atoms with van der Waals surface area (Å²) in [5, 5.41) is 2.09. The van der Waals surface area contributed by atoms with Crippen molar-refractivity contribution in [3.8, 4) is 0 Å². The van der Waals surface area contributed by atoms with Crippen LogP contribution in [0, 0.1) is 0 Å². The van der Waals surface area contributed by atoms with Crippen molar-refractivity contribution in [3.05, 3.63) is 22.4 Å². The van der Waals surface area contributed by atoms with Crippen molar-refractivity contribution in [2.75, 3.05) is 39.4 Å². The van der Waals surface area contributed by atoms with Crippen molar-refractivity contribution < 1.29 is 14.3 Å². The van der Waals surface area contributed by atoms with Crippen LogP contribution >= 0.6 is 11.3 Å². The molecule has 2 aliphatic rings. The Kier molecular flexibility index (Phi) is 6.05. The first kappa shape index (κ1) is 16.9. The number of rotatable bonds is 6. The zero-order chi connectivity index (χ0) is 16.1. The van der Waals surface area contributed by atoms with Crippen LogP contribution in [0.15, 0.2) is 17.5 Å². The maximum atomic E-state index is 12.6. The highest BCUT2D eigenvalue weighted by Gasteiger charge is 2.25. The van der Waals surface area contributed by atoms with Crippen molar-refractivity contribution in [2.24, 2.45) is 0 Å². The maximum Gasteiger partial charge on any atom is 0.236 e. The van der Waals surface area contributed by atoms with Crippen LogP contribution in [-0.4, -0.2) is 67.3 Å². The quantitative estimate of drug-likeness (QED) is 0.795. The molecule has 3 rings (SSSR count). The molecule has 0 aliphatic carbocycles. The first-order valence-electron chi connectivity index (χ1n) is 8.46. The fourth-order valence-corrected chi connectivity index (χ4v) is 3.97.